The van der Waals surface area contributed by atoms with E-state index in [1.807, 2.05) is 25.1 Å². The van der Waals surface area contributed by atoms with Crippen LogP contribution in [0.3, 0.4) is 0 Å². The summed E-state index contributed by atoms with van der Waals surface area (Å²) in [5, 5.41) is 3.58. The Bertz CT molecular complexity index is 677. The van der Waals surface area contributed by atoms with E-state index >= 15 is 0 Å². The second-order valence-electron chi connectivity index (χ2n) is 4.76. The van der Waals surface area contributed by atoms with Gasteiger partial charge < -0.3 is 14.8 Å². The molecule has 0 aliphatic carbocycles. The van der Waals surface area contributed by atoms with Gasteiger partial charge in [-0.1, -0.05) is 42.3 Å². The lowest BCUT2D eigenvalue weighted by molar-refractivity contribution is -0.118. The van der Waals surface area contributed by atoms with Crippen LogP contribution in [0.15, 0.2) is 42.5 Å². The molecule has 4 nitrogen and oxygen atoms in total. The van der Waals surface area contributed by atoms with Crippen LogP contribution in [0, 0.1) is 0 Å². The Balaban J connectivity index is 1.93. The maximum absolute atomic E-state index is 12.0. The molecule has 0 spiro atoms. The van der Waals surface area contributed by atoms with Crippen molar-refractivity contribution in [2.24, 2.45) is 0 Å². The lowest BCUT2D eigenvalue weighted by Gasteiger charge is -2.12. The SMILES string of the molecule is CCCOc1ccccc1NC(=O)COc1ccc(Cl)c(Cl)c1. The van der Waals surface area contributed by atoms with Gasteiger partial charge in [0, 0.05) is 6.07 Å². The van der Waals surface area contributed by atoms with Crippen molar-refractivity contribution in [3.8, 4) is 11.5 Å². The summed E-state index contributed by atoms with van der Waals surface area (Å²) in [6.07, 6.45) is 0.892. The first-order valence-corrected chi connectivity index (χ1v) is 7.95. The molecule has 0 aromatic heterocycles. The Morgan fingerprint density at radius 2 is 1.87 bits per heavy atom. The molecule has 2 rings (SSSR count). The number of ether oxygens (including phenoxy) is 2. The number of hydrogen-bond donors (Lipinski definition) is 1. The van der Waals surface area contributed by atoms with Crippen LogP contribution < -0.4 is 14.8 Å². The van der Waals surface area contributed by atoms with Crippen LogP contribution in [0.2, 0.25) is 10.0 Å². The van der Waals surface area contributed by atoms with E-state index in [4.69, 9.17) is 32.7 Å². The van der Waals surface area contributed by atoms with Gasteiger partial charge in [-0.05, 0) is 30.7 Å². The zero-order chi connectivity index (χ0) is 16.7. The number of nitrogens with one attached hydrogen (secondary N) is 1. The highest BCUT2D eigenvalue weighted by molar-refractivity contribution is 6.42. The van der Waals surface area contributed by atoms with Gasteiger partial charge in [-0.25, -0.2) is 0 Å². The topological polar surface area (TPSA) is 47.6 Å². The minimum Gasteiger partial charge on any atom is -0.491 e. The molecule has 0 unspecified atom stereocenters. The zero-order valence-electron chi connectivity index (χ0n) is 12.6. The molecule has 2 aromatic carbocycles. The van der Waals surface area contributed by atoms with Gasteiger partial charge in [0.05, 0.1) is 22.3 Å². The molecule has 0 saturated carbocycles. The molecule has 0 heterocycles. The Morgan fingerprint density at radius 3 is 2.61 bits per heavy atom. The maximum Gasteiger partial charge on any atom is 0.262 e. The maximum atomic E-state index is 12.0. The summed E-state index contributed by atoms with van der Waals surface area (Å²) >= 11 is 11.7. The fraction of sp³-hybridized carbons (Fsp3) is 0.235. The van der Waals surface area contributed by atoms with E-state index in [1.54, 1.807) is 24.3 Å². The highest BCUT2D eigenvalue weighted by Crippen LogP contribution is 2.26. The van der Waals surface area contributed by atoms with Crippen molar-refractivity contribution in [2.75, 3.05) is 18.5 Å². The van der Waals surface area contributed by atoms with E-state index in [1.165, 1.54) is 0 Å². The number of carbonyl (C=O) groups excluding carboxylic acids is 1. The molecular weight excluding hydrogens is 337 g/mol. The van der Waals surface area contributed by atoms with E-state index in [-0.39, 0.29) is 12.5 Å². The van der Waals surface area contributed by atoms with Crippen molar-refractivity contribution in [3.63, 3.8) is 0 Å². The summed E-state index contributed by atoms with van der Waals surface area (Å²) in [6, 6.07) is 12.1. The van der Waals surface area contributed by atoms with Crippen LogP contribution in [0.5, 0.6) is 11.5 Å². The summed E-state index contributed by atoms with van der Waals surface area (Å²) < 4.78 is 11.0. The third-order valence-corrected chi connectivity index (χ3v) is 3.62. The summed E-state index contributed by atoms with van der Waals surface area (Å²) in [4.78, 5) is 12.0. The molecule has 122 valence electrons. The van der Waals surface area contributed by atoms with E-state index in [9.17, 15) is 4.79 Å². The summed E-state index contributed by atoms with van der Waals surface area (Å²) in [7, 11) is 0. The average Bonchev–Trinajstić information content (AvgIpc) is 2.55. The summed E-state index contributed by atoms with van der Waals surface area (Å²) in [5.74, 6) is 0.825. The predicted molar refractivity (Wildman–Crippen MR) is 92.8 cm³/mol. The van der Waals surface area contributed by atoms with Crippen molar-refractivity contribution in [2.45, 2.75) is 13.3 Å². The number of benzene rings is 2. The quantitative estimate of drug-likeness (QED) is 0.777. The van der Waals surface area contributed by atoms with Crippen molar-refractivity contribution in [1.29, 1.82) is 0 Å². The molecule has 0 radical (unpaired) electrons. The molecule has 0 aliphatic rings. The van der Waals surface area contributed by atoms with Gasteiger partial charge in [0.25, 0.3) is 5.91 Å². The Labute approximate surface area is 145 Å². The molecule has 1 N–H and O–H groups in total. The monoisotopic (exact) mass is 353 g/mol. The summed E-state index contributed by atoms with van der Waals surface area (Å²) in [6.45, 7) is 2.47. The molecule has 1 amide bonds. The highest BCUT2D eigenvalue weighted by atomic mass is 35.5. The van der Waals surface area contributed by atoms with Gasteiger partial charge in [-0.15, -0.1) is 0 Å². The minimum absolute atomic E-state index is 0.139. The van der Waals surface area contributed by atoms with Crippen molar-refractivity contribution >= 4 is 34.8 Å². The second-order valence-corrected chi connectivity index (χ2v) is 5.57. The van der Waals surface area contributed by atoms with Gasteiger partial charge in [0.15, 0.2) is 6.61 Å². The zero-order valence-corrected chi connectivity index (χ0v) is 14.2. The third kappa shape index (κ3) is 5.34. The van der Waals surface area contributed by atoms with Crippen molar-refractivity contribution < 1.29 is 14.3 Å². The normalized spacial score (nSPS) is 10.2. The first-order valence-electron chi connectivity index (χ1n) is 7.19. The van der Waals surface area contributed by atoms with Crippen LogP contribution in [0.25, 0.3) is 0 Å². The van der Waals surface area contributed by atoms with E-state index < -0.39 is 0 Å². The largest absolute Gasteiger partial charge is 0.491 e. The Hall–Kier alpha value is -1.91. The minimum atomic E-state index is -0.288. The number of hydrogen-bond acceptors (Lipinski definition) is 3. The Kier molecular flexibility index (Phi) is 6.56. The first kappa shape index (κ1) is 17.4. The molecule has 6 heteroatoms. The van der Waals surface area contributed by atoms with Crippen LogP contribution in [0.4, 0.5) is 5.69 Å². The second kappa shape index (κ2) is 8.65. The predicted octanol–water partition coefficient (Wildman–Crippen LogP) is 4.80. The fourth-order valence-electron chi connectivity index (χ4n) is 1.81. The molecule has 0 atom stereocenters. The number of rotatable bonds is 7. The van der Waals surface area contributed by atoms with E-state index in [0.29, 0.717) is 33.8 Å². The molecule has 0 aliphatic heterocycles. The first-order chi connectivity index (χ1) is 11.1. The molecule has 23 heavy (non-hydrogen) atoms. The third-order valence-electron chi connectivity index (χ3n) is 2.88. The van der Waals surface area contributed by atoms with Crippen molar-refractivity contribution in [3.05, 3.63) is 52.5 Å². The van der Waals surface area contributed by atoms with Gasteiger partial charge >= 0.3 is 0 Å². The molecule has 0 fully saturated rings. The number of halogens is 2. The van der Waals surface area contributed by atoms with Crippen molar-refractivity contribution in [1.82, 2.24) is 0 Å². The standard InChI is InChI=1S/C17H17Cl2NO3/c1-2-9-22-16-6-4-3-5-15(16)20-17(21)11-23-12-7-8-13(18)14(19)10-12/h3-8,10H,2,9,11H2,1H3,(H,20,21). The van der Waals surface area contributed by atoms with Gasteiger partial charge in [0.2, 0.25) is 0 Å². The van der Waals surface area contributed by atoms with Gasteiger partial charge in [-0.3, -0.25) is 4.79 Å². The number of para-hydroxylation sites is 2. The number of carbonyl (C=O) groups is 1. The van der Waals surface area contributed by atoms with Gasteiger partial charge in [0.1, 0.15) is 11.5 Å². The van der Waals surface area contributed by atoms with Gasteiger partial charge in [-0.2, -0.15) is 0 Å². The molecular formula is C17H17Cl2NO3. The fourth-order valence-corrected chi connectivity index (χ4v) is 2.10. The van der Waals surface area contributed by atoms with Crippen LogP contribution in [-0.2, 0) is 4.79 Å². The Morgan fingerprint density at radius 1 is 1.09 bits per heavy atom. The lowest BCUT2D eigenvalue weighted by Crippen LogP contribution is -2.20. The molecule has 0 saturated heterocycles. The summed E-state index contributed by atoms with van der Waals surface area (Å²) in [5.41, 5.74) is 0.615. The lowest BCUT2D eigenvalue weighted by atomic mass is 10.3. The highest BCUT2D eigenvalue weighted by Gasteiger charge is 2.09. The van der Waals surface area contributed by atoms with Crippen LogP contribution in [0.1, 0.15) is 13.3 Å². The van der Waals surface area contributed by atoms with Crippen LogP contribution >= 0.6 is 23.2 Å². The number of amides is 1. The average molecular weight is 354 g/mol. The number of anilines is 1. The van der Waals surface area contributed by atoms with E-state index in [0.717, 1.165) is 6.42 Å². The van der Waals surface area contributed by atoms with E-state index in [2.05, 4.69) is 5.32 Å². The smallest absolute Gasteiger partial charge is 0.262 e. The molecule has 0 bridgehead atoms. The van der Waals surface area contributed by atoms with Crippen LogP contribution in [-0.4, -0.2) is 19.1 Å². The molecule has 2 aromatic rings.